The smallest absolute Gasteiger partial charge is 0.318 e. The maximum atomic E-state index is 12.4. The summed E-state index contributed by atoms with van der Waals surface area (Å²) in [6, 6.07) is 10.6. The van der Waals surface area contributed by atoms with Crippen molar-refractivity contribution in [1.82, 2.24) is 24.9 Å². The van der Waals surface area contributed by atoms with Crippen molar-refractivity contribution in [3.63, 3.8) is 0 Å². The molecule has 2 heterocycles. The number of hydrogen-bond donors (Lipinski definition) is 2. The van der Waals surface area contributed by atoms with Crippen LogP contribution in [0.1, 0.15) is 38.3 Å². The first-order valence-corrected chi connectivity index (χ1v) is 8.62. The number of nitrogens with zero attached hydrogens (tertiary/aromatic N) is 3. The number of nitrogens with one attached hydrogen (secondary N) is 2. The molecule has 0 bridgehead atoms. The van der Waals surface area contributed by atoms with E-state index in [9.17, 15) is 9.59 Å². The van der Waals surface area contributed by atoms with Gasteiger partial charge in [-0.05, 0) is 25.0 Å². The molecule has 0 aliphatic rings. The van der Waals surface area contributed by atoms with Gasteiger partial charge in [0.1, 0.15) is 5.75 Å². The number of carbonyl (C=O) groups is 1. The average Bonchev–Trinajstić information content (AvgIpc) is 3.04. The molecule has 2 N–H and O–H groups in total. The highest BCUT2D eigenvalue weighted by Gasteiger charge is 2.22. The van der Waals surface area contributed by atoms with E-state index in [1.807, 2.05) is 32.0 Å². The number of aromatic amines is 1. The van der Waals surface area contributed by atoms with Crippen LogP contribution in [0.25, 0.3) is 5.78 Å². The van der Waals surface area contributed by atoms with E-state index in [4.69, 9.17) is 4.74 Å². The summed E-state index contributed by atoms with van der Waals surface area (Å²) in [4.78, 5) is 33.3. The summed E-state index contributed by atoms with van der Waals surface area (Å²) in [6.45, 7) is 4.46. The molecule has 0 saturated carbocycles. The number of hydrogen-bond acceptors (Lipinski definition) is 5. The molecule has 26 heavy (non-hydrogen) atoms. The van der Waals surface area contributed by atoms with Crippen LogP contribution in [0.2, 0.25) is 0 Å². The molecule has 2 aromatic heterocycles. The Hall–Kier alpha value is -3.16. The first-order valence-electron chi connectivity index (χ1n) is 8.62. The molecule has 0 spiro atoms. The quantitative estimate of drug-likeness (QED) is 0.677. The topological polar surface area (TPSA) is 101 Å². The second-order valence-electron chi connectivity index (χ2n) is 5.85. The lowest BCUT2D eigenvalue weighted by Crippen LogP contribution is -2.31. The van der Waals surface area contributed by atoms with E-state index in [1.165, 1.54) is 10.6 Å². The van der Waals surface area contributed by atoms with Crippen molar-refractivity contribution in [3.05, 3.63) is 52.4 Å². The Labute approximate surface area is 150 Å². The van der Waals surface area contributed by atoms with Gasteiger partial charge in [0.15, 0.2) is 0 Å². The van der Waals surface area contributed by atoms with Gasteiger partial charge in [-0.1, -0.05) is 32.0 Å². The molecule has 1 unspecified atom stereocenters. The zero-order valence-electron chi connectivity index (χ0n) is 14.7. The fraction of sp³-hybridized carbons (Fsp3) is 0.333. The van der Waals surface area contributed by atoms with Crippen LogP contribution < -0.4 is 15.6 Å². The number of fused-ring (bicyclic) bond motifs is 1. The maximum absolute atomic E-state index is 12.4. The molecular formula is C18H21N5O3. The van der Waals surface area contributed by atoms with E-state index < -0.39 is 5.92 Å². The summed E-state index contributed by atoms with van der Waals surface area (Å²) < 4.78 is 6.79. The Morgan fingerprint density at radius 2 is 2.04 bits per heavy atom. The van der Waals surface area contributed by atoms with E-state index in [-0.39, 0.29) is 23.3 Å². The Kier molecular flexibility index (Phi) is 5.31. The summed E-state index contributed by atoms with van der Waals surface area (Å²) in [7, 11) is 0. The number of ether oxygens (including phenoxy) is 1. The molecule has 3 aromatic rings. The molecule has 8 heteroatoms. The van der Waals surface area contributed by atoms with Crippen LogP contribution in [-0.4, -0.2) is 32.0 Å². The fourth-order valence-electron chi connectivity index (χ4n) is 2.60. The van der Waals surface area contributed by atoms with Gasteiger partial charge >= 0.3 is 6.01 Å². The second kappa shape index (κ2) is 7.81. The van der Waals surface area contributed by atoms with Crippen LogP contribution in [0.3, 0.4) is 0 Å². The third-order valence-electron chi connectivity index (χ3n) is 3.92. The first-order chi connectivity index (χ1) is 12.6. The second-order valence-corrected chi connectivity index (χ2v) is 5.85. The molecule has 0 aliphatic heterocycles. The van der Waals surface area contributed by atoms with E-state index in [0.29, 0.717) is 24.4 Å². The van der Waals surface area contributed by atoms with Crippen LogP contribution >= 0.6 is 0 Å². The zero-order valence-corrected chi connectivity index (χ0v) is 14.7. The van der Waals surface area contributed by atoms with Gasteiger partial charge in [0.05, 0.1) is 11.6 Å². The van der Waals surface area contributed by atoms with Gasteiger partial charge in [0.2, 0.25) is 5.91 Å². The van der Waals surface area contributed by atoms with Gasteiger partial charge in [-0.15, -0.1) is 0 Å². The number of H-pyrrole nitrogens is 1. The molecule has 1 aromatic carbocycles. The van der Waals surface area contributed by atoms with Gasteiger partial charge in [0.25, 0.3) is 11.3 Å². The third-order valence-corrected chi connectivity index (χ3v) is 3.92. The maximum Gasteiger partial charge on any atom is 0.318 e. The minimum atomic E-state index is -0.491. The normalized spacial score (nSPS) is 12.1. The van der Waals surface area contributed by atoms with Crippen LogP contribution in [-0.2, 0) is 4.79 Å². The van der Waals surface area contributed by atoms with E-state index in [0.717, 1.165) is 6.42 Å². The van der Waals surface area contributed by atoms with Crippen molar-refractivity contribution < 1.29 is 9.53 Å². The summed E-state index contributed by atoms with van der Waals surface area (Å²) in [5, 5.41) is 5.61. The highest BCUT2D eigenvalue weighted by atomic mass is 16.5. The lowest BCUT2D eigenvalue weighted by atomic mass is 10.0. The average molecular weight is 355 g/mol. The molecule has 0 aliphatic carbocycles. The van der Waals surface area contributed by atoms with Gasteiger partial charge in [0, 0.05) is 12.6 Å². The molecule has 8 nitrogen and oxygen atoms in total. The SMILES string of the molecule is CCCNC(=O)C(CC)c1cc(=O)n2[nH]c(Oc3ccccc3)nc2n1. The van der Waals surface area contributed by atoms with E-state index in [1.54, 1.807) is 12.1 Å². The fourth-order valence-corrected chi connectivity index (χ4v) is 2.60. The number of para-hydroxylation sites is 1. The standard InChI is InChI=1S/C18H21N5O3/c1-3-10-19-16(25)13(4-2)14-11-15(24)23-17(20-14)21-18(22-23)26-12-8-6-5-7-9-12/h5-9,11,13H,3-4,10H2,1-2H3,(H,19,25)(H,20,21,22). The number of aromatic nitrogens is 4. The molecule has 136 valence electrons. The van der Waals surface area contributed by atoms with Gasteiger partial charge in [-0.2, -0.15) is 9.50 Å². The number of benzene rings is 1. The Morgan fingerprint density at radius 1 is 1.27 bits per heavy atom. The van der Waals surface area contributed by atoms with Crippen molar-refractivity contribution in [2.24, 2.45) is 0 Å². The van der Waals surface area contributed by atoms with Gasteiger partial charge in [-0.25, -0.2) is 10.1 Å². The number of carbonyl (C=O) groups excluding carboxylic acids is 1. The molecule has 0 radical (unpaired) electrons. The third kappa shape index (κ3) is 3.74. The monoisotopic (exact) mass is 355 g/mol. The predicted octanol–water partition coefficient (Wildman–Crippen LogP) is 2.23. The molecule has 0 saturated heterocycles. The minimum absolute atomic E-state index is 0.137. The summed E-state index contributed by atoms with van der Waals surface area (Å²) in [6.07, 6.45) is 1.38. The van der Waals surface area contributed by atoms with E-state index in [2.05, 4.69) is 20.4 Å². The molecule has 3 rings (SSSR count). The first kappa shape index (κ1) is 17.7. The van der Waals surface area contributed by atoms with Crippen LogP contribution in [0.5, 0.6) is 11.8 Å². The lowest BCUT2D eigenvalue weighted by Gasteiger charge is -2.13. The van der Waals surface area contributed by atoms with Crippen molar-refractivity contribution >= 4 is 11.7 Å². The summed E-state index contributed by atoms with van der Waals surface area (Å²) in [5.41, 5.74) is 0.0611. The van der Waals surface area contributed by atoms with Crippen molar-refractivity contribution in [2.45, 2.75) is 32.6 Å². The van der Waals surface area contributed by atoms with Crippen LogP contribution in [0.4, 0.5) is 0 Å². The van der Waals surface area contributed by atoms with Gasteiger partial charge in [-0.3, -0.25) is 9.59 Å². The summed E-state index contributed by atoms with van der Waals surface area (Å²) in [5.74, 6) is 0.127. The predicted molar refractivity (Wildman–Crippen MR) is 96.5 cm³/mol. The Morgan fingerprint density at radius 3 is 2.73 bits per heavy atom. The van der Waals surface area contributed by atoms with E-state index >= 15 is 0 Å². The highest BCUT2D eigenvalue weighted by Crippen LogP contribution is 2.19. The molecule has 0 fully saturated rings. The summed E-state index contributed by atoms with van der Waals surface area (Å²) >= 11 is 0. The van der Waals surface area contributed by atoms with Crippen molar-refractivity contribution in [3.8, 4) is 11.8 Å². The number of amides is 1. The van der Waals surface area contributed by atoms with Crippen molar-refractivity contribution in [2.75, 3.05) is 6.54 Å². The highest BCUT2D eigenvalue weighted by molar-refractivity contribution is 5.83. The largest absolute Gasteiger partial charge is 0.425 e. The van der Waals surface area contributed by atoms with Crippen molar-refractivity contribution in [1.29, 1.82) is 0 Å². The van der Waals surface area contributed by atoms with Crippen LogP contribution in [0.15, 0.2) is 41.2 Å². The molecule has 1 atom stereocenters. The number of rotatable bonds is 7. The zero-order chi connectivity index (χ0) is 18.5. The Balaban J connectivity index is 1.91. The van der Waals surface area contributed by atoms with Crippen LogP contribution in [0, 0.1) is 0 Å². The Bertz CT molecular complexity index is 948. The molecular weight excluding hydrogens is 334 g/mol. The molecule has 1 amide bonds. The lowest BCUT2D eigenvalue weighted by molar-refractivity contribution is -0.122. The van der Waals surface area contributed by atoms with Gasteiger partial charge < -0.3 is 10.1 Å². The minimum Gasteiger partial charge on any atom is -0.425 e.